The van der Waals surface area contributed by atoms with Crippen molar-refractivity contribution in [1.29, 1.82) is 0 Å². The number of hydrazine groups is 1. The van der Waals surface area contributed by atoms with Gasteiger partial charge in [0, 0.05) is 15.9 Å². The van der Waals surface area contributed by atoms with Gasteiger partial charge in [0.25, 0.3) is 0 Å². The zero-order chi connectivity index (χ0) is 13.1. The summed E-state index contributed by atoms with van der Waals surface area (Å²) in [7, 11) is 0. The summed E-state index contributed by atoms with van der Waals surface area (Å²) in [6.45, 7) is 3.01. The molecule has 2 heterocycles. The molecule has 1 atom stereocenters. The zero-order valence-electron chi connectivity index (χ0n) is 9.86. The molecule has 2 aromatic heterocycles. The second kappa shape index (κ2) is 6.29. The molecule has 0 saturated heterocycles. The SMILES string of the molecule is CCCn1ncc(Br)c1C(NN)c1sccc1Br. The lowest BCUT2D eigenvalue weighted by Crippen LogP contribution is -2.30. The minimum atomic E-state index is -0.0669. The fourth-order valence-corrected chi connectivity index (χ4v) is 4.03. The van der Waals surface area contributed by atoms with Crippen molar-refractivity contribution in [3.05, 3.63) is 37.2 Å². The predicted molar refractivity (Wildman–Crippen MR) is 81.4 cm³/mol. The third-order valence-corrected chi connectivity index (χ3v) is 5.16. The van der Waals surface area contributed by atoms with Crippen molar-refractivity contribution in [2.24, 2.45) is 5.84 Å². The van der Waals surface area contributed by atoms with Crippen LogP contribution in [0.15, 0.2) is 26.6 Å². The van der Waals surface area contributed by atoms with E-state index >= 15 is 0 Å². The summed E-state index contributed by atoms with van der Waals surface area (Å²) in [6, 6.07) is 1.96. The molecule has 7 heteroatoms. The number of nitrogens with two attached hydrogens (primary N) is 1. The molecule has 2 aromatic rings. The van der Waals surface area contributed by atoms with Crippen LogP contribution in [0, 0.1) is 0 Å². The Bertz CT molecular complexity index is 523. The number of hydrogen-bond donors (Lipinski definition) is 2. The van der Waals surface area contributed by atoms with E-state index < -0.39 is 0 Å². The van der Waals surface area contributed by atoms with Crippen LogP contribution in [-0.4, -0.2) is 9.78 Å². The number of halogens is 2. The van der Waals surface area contributed by atoms with Gasteiger partial charge >= 0.3 is 0 Å². The lowest BCUT2D eigenvalue weighted by atomic mass is 10.2. The molecule has 0 amide bonds. The van der Waals surface area contributed by atoms with E-state index in [1.807, 2.05) is 22.3 Å². The van der Waals surface area contributed by atoms with E-state index in [9.17, 15) is 0 Å². The largest absolute Gasteiger partial charge is 0.270 e. The van der Waals surface area contributed by atoms with Crippen molar-refractivity contribution >= 4 is 43.2 Å². The molecule has 3 N–H and O–H groups in total. The number of hydrogen-bond acceptors (Lipinski definition) is 4. The van der Waals surface area contributed by atoms with Crippen LogP contribution in [0.25, 0.3) is 0 Å². The Morgan fingerprint density at radius 3 is 2.83 bits per heavy atom. The zero-order valence-corrected chi connectivity index (χ0v) is 13.8. The molecule has 2 rings (SSSR count). The Morgan fingerprint density at radius 2 is 2.28 bits per heavy atom. The lowest BCUT2D eigenvalue weighted by molar-refractivity contribution is 0.522. The molecule has 1 unspecified atom stereocenters. The van der Waals surface area contributed by atoms with Crippen LogP contribution in [0.2, 0.25) is 0 Å². The molecule has 0 fully saturated rings. The highest BCUT2D eigenvalue weighted by Crippen LogP contribution is 2.35. The average Bonchev–Trinajstić information content (AvgIpc) is 2.91. The van der Waals surface area contributed by atoms with Crippen LogP contribution in [0.4, 0.5) is 0 Å². The van der Waals surface area contributed by atoms with Crippen molar-refractivity contribution in [2.45, 2.75) is 25.9 Å². The lowest BCUT2D eigenvalue weighted by Gasteiger charge is -2.17. The van der Waals surface area contributed by atoms with Gasteiger partial charge in [-0.3, -0.25) is 10.5 Å². The van der Waals surface area contributed by atoms with E-state index in [1.54, 1.807) is 11.3 Å². The Morgan fingerprint density at radius 1 is 1.50 bits per heavy atom. The summed E-state index contributed by atoms with van der Waals surface area (Å²) >= 11 is 8.77. The highest BCUT2D eigenvalue weighted by atomic mass is 79.9. The molecule has 0 aromatic carbocycles. The van der Waals surface area contributed by atoms with E-state index in [4.69, 9.17) is 5.84 Å². The van der Waals surface area contributed by atoms with Crippen LogP contribution in [0.1, 0.15) is 30.0 Å². The van der Waals surface area contributed by atoms with Crippen LogP contribution in [0.5, 0.6) is 0 Å². The van der Waals surface area contributed by atoms with Gasteiger partial charge < -0.3 is 0 Å². The third-order valence-electron chi connectivity index (χ3n) is 2.62. The fourth-order valence-electron chi connectivity index (χ4n) is 1.84. The molecule has 0 bridgehead atoms. The summed E-state index contributed by atoms with van der Waals surface area (Å²) in [6.07, 6.45) is 2.85. The summed E-state index contributed by atoms with van der Waals surface area (Å²) in [5.41, 5.74) is 3.93. The molecular weight excluding hydrogens is 380 g/mol. The predicted octanol–water partition coefficient (Wildman–Crippen LogP) is 3.43. The van der Waals surface area contributed by atoms with E-state index in [0.29, 0.717) is 0 Å². The molecule has 0 saturated carbocycles. The van der Waals surface area contributed by atoms with Crippen molar-refractivity contribution in [2.75, 3.05) is 0 Å². The van der Waals surface area contributed by atoms with Gasteiger partial charge in [0.1, 0.15) is 0 Å². The maximum absolute atomic E-state index is 5.73. The van der Waals surface area contributed by atoms with E-state index in [1.165, 1.54) is 0 Å². The molecule has 98 valence electrons. The Kier molecular flexibility index (Phi) is 4.97. The van der Waals surface area contributed by atoms with Gasteiger partial charge in [0.15, 0.2) is 0 Å². The van der Waals surface area contributed by atoms with Crippen molar-refractivity contribution in [1.82, 2.24) is 15.2 Å². The molecular formula is C11H14Br2N4S. The summed E-state index contributed by atoms with van der Waals surface area (Å²) < 4.78 is 4.02. The van der Waals surface area contributed by atoms with Gasteiger partial charge in [0.2, 0.25) is 0 Å². The van der Waals surface area contributed by atoms with Crippen LogP contribution in [0.3, 0.4) is 0 Å². The van der Waals surface area contributed by atoms with E-state index in [-0.39, 0.29) is 6.04 Å². The normalized spacial score (nSPS) is 12.9. The third kappa shape index (κ3) is 2.70. The van der Waals surface area contributed by atoms with Crippen molar-refractivity contribution < 1.29 is 0 Å². The summed E-state index contributed by atoms with van der Waals surface area (Å²) in [5.74, 6) is 5.73. The number of nitrogens with zero attached hydrogens (tertiary/aromatic N) is 2. The highest BCUT2D eigenvalue weighted by molar-refractivity contribution is 9.10. The van der Waals surface area contributed by atoms with Gasteiger partial charge in [-0.15, -0.1) is 11.3 Å². The quantitative estimate of drug-likeness (QED) is 0.604. The van der Waals surface area contributed by atoms with Crippen molar-refractivity contribution in [3.8, 4) is 0 Å². The van der Waals surface area contributed by atoms with Gasteiger partial charge in [-0.1, -0.05) is 6.92 Å². The first kappa shape index (κ1) is 14.2. The fraction of sp³-hybridized carbons (Fsp3) is 0.364. The van der Waals surface area contributed by atoms with Gasteiger partial charge in [-0.05, 0) is 49.7 Å². The van der Waals surface area contributed by atoms with Crippen LogP contribution in [-0.2, 0) is 6.54 Å². The Hall–Kier alpha value is -0.210. The molecule has 18 heavy (non-hydrogen) atoms. The molecule has 0 spiro atoms. The number of nitrogens with one attached hydrogen (secondary N) is 1. The first-order valence-electron chi connectivity index (χ1n) is 5.59. The molecule has 0 aliphatic heterocycles. The number of aromatic nitrogens is 2. The van der Waals surface area contributed by atoms with E-state index in [0.717, 1.165) is 32.5 Å². The number of aryl methyl sites for hydroxylation is 1. The topological polar surface area (TPSA) is 55.9 Å². The van der Waals surface area contributed by atoms with Gasteiger partial charge in [-0.25, -0.2) is 5.43 Å². The molecule has 0 radical (unpaired) electrons. The van der Waals surface area contributed by atoms with E-state index in [2.05, 4.69) is 49.3 Å². The van der Waals surface area contributed by atoms with Crippen LogP contribution >= 0.6 is 43.2 Å². The van der Waals surface area contributed by atoms with Crippen LogP contribution < -0.4 is 11.3 Å². The second-order valence-corrected chi connectivity index (χ2v) is 6.49. The van der Waals surface area contributed by atoms with Gasteiger partial charge in [-0.2, -0.15) is 5.10 Å². The second-order valence-electron chi connectivity index (χ2n) is 3.83. The molecule has 0 aliphatic rings. The van der Waals surface area contributed by atoms with Crippen molar-refractivity contribution in [3.63, 3.8) is 0 Å². The Labute approximate surface area is 127 Å². The minimum Gasteiger partial charge on any atom is -0.270 e. The molecule has 4 nitrogen and oxygen atoms in total. The molecule has 0 aliphatic carbocycles. The Balaban J connectivity index is 2.45. The first-order valence-corrected chi connectivity index (χ1v) is 8.05. The number of thiophene rings is 1. The summed E-state index contributed by atoms with van der Waals surface area (Å²) in [5, 5.41) is 6.42. The minimum absolute atomic E-state index is 0.0669. The first-order chi connectivity index (χ1) is 8.69. The standard InChI is InChI=1S/C11H14Br2N4S/c1-2-4-17-10(8(13)6-15-17)9(16-14)11-7(12)3-5-18-11/h3,5-6,9,16H,2,4,14H2,1H3. The smallest absolute Gasteiger partial charge is 0.0992 e. The maximum atomic E-state index is 5.73. The maximum Gasteiger partial charge on any atom is 0.0992 e. The average molecular weight is 394 g/mol. The number of rotatable bonds is 5. The monoisotopic (exact) mass is 392 g/mol. The summed E-state index contributed by atoms with van der Waals surface area (Å²) in [4.78, 5) is 1.15. The van der Waals surface area contributed by atoms with Gasteiger partial charge in [0.05, 0.1) is 22.4 Å². The highest BCUT2D eigenvalue weighted by Gasteiger charge is 2.23.